The molecule has 0 bridgehead atoms. The second-order valence-electron chi connectivity index (χ2n) is 6.02. The molecule has 0 spiro atoms. The fourth-order valence-corrected chi connectivity index (χ4v) is 3.72. The van der Waals surface area contributed by atoms with Crippen LogP contribution in [-0.2, 0) is 9.53 Å². The zero-order valence-electron chi connectivity index (χ0n) is 13.2. The van der Waals surface area contributed by atoms with Gasteiger partial charge < -0.3 is 15.0 Å². The summed E-state index contributed by atoms with van der Waals surface area (Å²) in [6.45, 7) is 3.89. The minimum Gasteiger partial charge on any atom is -0.442 e. The molecule has 7 heteroatoms. The zero-order chi connectivity index (χ0) is 16.1. The van der Waals surface area contributed by atoms with Gasteiger partial charge in [-0.15, -0.1) is 11.3 Å². The molecule has 2 saturated heterocycles. The number of amides is 2. The van der Waals surface area contributed by atoms with Crippen molar-refractivity contribution in [2.45, 2.75) is 31.8 Å². The number of nitrogens with zero attached hydrogens (tertiary/aromatic N) is 2. The third-order valence-electron chi connectivity index (χ3n) is 4.28. The van der Waals surface area contributed by atoms with Crippen molar-refractivity contribution in [1.82, 2.24) is 10.2 Å². The lowest BCUT2D eigenvalue weighted by Gasteiger charge is -2.26. The molecule has 0 aromatic carbocycles. The van der Waals surface area contributed by atoms with E-state index < -0.39 is 0 Å². The summed E-state index contributed by atoms with van der Waals surface area (Å²) < 4.78 is 5.31. The summed E-state index contributed by atoms with van der Waals surface area (Å²) >= 11 is 1.51. The third kappa shape index (κ3) is 4.45. The predicted molar refractivity (Wildman–Crippen MR) is 89.9 cm³/mol. The molecule has 2 amide bonds. The van der Waals surface area contributed by atoms with Crippen molar-refractivity contribution >= 4 is 28.3 Å². The van der Waals surface area contributed by atoms with E-state index in [1.165, 1.54) is 30.6 Å². The number of likely N-dealkylation sites (tertiary alicyclic amines) is 1. The molecule has 1 aromatic rings. The topological polar surface area (TPSA) is 61.9 Å². The van der Waals surface area contributed by atoms with E-state index in [-0.39, 0.29) is 18.1 Å². The number of carbonyl (C=O) groups excluding carboxylic acids is 2. The van der Waals surface area contributed by atoms with E-state index in [1.807, 2.05) is 17.5 Å². The molecule has 3 heterocycles. The summed E-state index contributed by atoms with van der Waals surface area (Å²) in [5.41, 5.74) is 0. The van der Waals surface area contributed by atoms with Gasteiger partial charge in [0.15, 0.2) is 0 Å². The van der Waals surface area contributed by atoms with Gasteiger partial charge in [-0.05, 0) is 43.4 Å². The van der Waals surface area contributed by atoms with Crippen LogP contribution in [0.4, 0.5) is 9.80 Å². The maximum absolute atomic E-state index is 11.9. The molecule has 1 unspecified atom stereocenters. The molecule has 6 nitrogen and oxygen atoms in total. The monoisotopic (exact) mass is 337 g/mol. The smallest absolute Gasteiger partial charge is 0.415 e. The lowest BCUT2D eigenvalue weighted by atomic mass is 10.1. The van der Waals surface area contributed by atoms with Gasteiger partial charge in [0.25, 0.3) is 0 Å². The van der Waals surface area contributed by atoms with E-state index in [9.17, 15) is 9.59 Å². The highest BCUT2D eigenvalue weighted by atomic mass is 32.1. The lowest BCUT2D eigenvalue weighted by Crippen LogP contribution is -2.37. The maximum atomic E-state index is 11.9. The predicted octanol–water partition coefficient (Wildman–Crippen LogP) is 2.07. The van der Waals surface area contributed by atoms with Crippen molar-refractivity contribution < 1.29 is 14.3 Å². The SMILES string of the molecule is O=C(CCN1CCCCC1)NCC1CN(c2cccs2)C(=O)O1. The molecule has 23 heavy (non-hydrogen) atoms. The van der Waals surface area contributed by atoms with Crippen LogP contribution >= 0.6 is 11.3 Å². The Bertz CT molecular complexity index is 529. The summed E-state index contributed by atoms with van der Waals surface area (Å²) in [4.78, 5) is 27.8. The van der Waals surface area contributed by atoms with E-state index >= 15 is 0 Å². The molecule has 0 saturated carbocycles. The zero-order valence-corrected chi connectivity index (χ0v) is 14.0. The quantitative estimate of drug-likeness (QED) is 0.863. The van der Waals surface area contributed by atoms with Crippen LogP contribution in [0.5, 0.6) is 0 Å². The third-order valence-corrected chi connectivity index (χ3v) is 5.17. The Hall–Kier alpha value is -1.60. The van der Waals surface area contributed by atoms with Gasteiger partial charge in [0.05, 0.1) is 13.1 Å². The fraction of sp³-hybridized carbons (Fsp3) is 0.625. The molecule has 2 aliphatic heterocycles. The Labute approximate surface area is 140 Å². The summed E-state index contributed by atoms with van der Waals surface area (Å²) in [6.07, 6.45) is 3.67. The number of ether oxygens (including phenoxy) is 1. The first-order chi connectivity index (χ1) is 11.2. The average molecular weight is 337 g/mol. The molecule has 1 aromatic heterocycles. The van der Waals surface area contributed by atoms with Gasteiger partial charge in [0.1, 0.15) is 11.1 Å². The van der Waals surface area contributed by atoms with Gasteiger partial charge in [-0.25, -0.2) is 4.79 Å². The summed E-state index contributed by atoms with van der Waals surface area (Å²) in [6, 6.07) is 3.80. The van der Waals surface area contributed by atoms with Gasteiger partial charge in [-0.1, -0.05) is 6.42 Å². The number of carbonyl (C=O) groups is 2. The van der Waals surface area contributed by atoms with Gasteiger partial charge >= 0.3 is 6.09 Å². The van der Waals surface area contributed by atoms with Crippen molar-refractivity contribution in [2.75, 3.05) is 37.6 Å². The molecule has 2 fully saturated rings. The van der Waals surface area contributed by atoms with Crippen molar-refractivity contribution in [3.8, 4) is 0 Å². The molecule has 0 aliphatic carbocycles. The first kappa shape index (κ1) is 16.3. The first-order valence-electron chi connectivity index (χ1n) is 8.23. The Morgan fingerprint density at radius 2 is 2.17 bits per heavy atom. The van der Waals surface area contributed by atoms with Crippen LogP contribution in [0, 0.1) is 0 Å². The number of thiophene rings is 1. The minimum absolute atomic E-state index is 0.0289. The average Bonchev–Trinajstić information content (AvgIpc) is 3.21. The Balaban J connectivity index is 1.37. The Morgan fingerprint density at radius 1 is 1.35 bits per heavy atom. The van der Waals surface area contributed by atoms with Crippen LogP contribution in [0.25, 0.3) is 0 Å². The molecule has 2 aliphatic rings. The number of cyclic esters (lactones) is 1. The standard InChI is InChI=1S/C16H23N3O3S/c20-14(6-9-18-7-2-1-3-8-18)17-11-13-12-19(16(21)22-13)15-5-4-10-23-15/h4-5,10,13H,1-3,6-9,11-12H2,(H,17,20). The van der Waals surface area contributed by atoms with Crippen molar-refractivity contribution in [1.29, 1.82) is 0 Å². The van der Waals surface area contributed by atoms with E-state index in [0.29, 0.717) is 19.5 Å². The van der Waals surface area contributed by atoms with E-state index in [2.05, 4.69) is 10.2 Å². The minimum atomic E-state index is -0.333. The van der Waals surface area contributed by atoms with Gasteiger partial charge in [-0.3, -0.25) is 9.69 Å². The highest BCUT2D eigenvalue weighted by molar-refractivity contribution is 7.14. The number of piperidine rings is 1. The van der Waals surface area contributed by atoms with E-state index in [1.54, 1.807) is 4.90 Å². The molecule has 1 atom stereocenters. The van der Waals surface area contributed by atoms with Gasteiger partial charge in [0, 0.05) is 13.0 Å². The highest BCUT2D eigenvalue weighted by Gasteiger charge is 2.32. The number of rotatable bonds is 6. The number of hydrogen-bond donors (Lipinski definition) is 1. The van der Waals surface area contributed by atoms with Crippen LogP contribution in [0.15, 0.2) is 17.5 Å². The second-order valence-corrected chi connectivity index (χ2v) is 6.95. The molecular formula is C16H23N3O3S. The van der Waals surface area contributed by atoms with Crippen molar-refractivity contribution in [3.05, 3.63) is 17.5 Å². The second kappa shape index (κ2) is 7.79. The Morgan fingerprint density at radius 3 is 2.91 bits per heavy atom. The van der Waals surface area contributed by atoms with E-state index in [4.69, 9.17) is 4.74 Å². The van der Waals surface area contributed by atoms with Crippen LogP contribution in [0.3, 0.4) is 0 Å². The van der Waals surface area contributed by atoms with Gasteiger partial charge in [0.2, 0.25) is 5.91 Å². The number of nitrogens with one attached hydrogen (secondary N) is 1. The molecule has 1 N–H and O–H groups in total. The van der Waals surface area contributed by atoms with Crippen LogP contribution < -0.4 is 10.2 Å². The normalized spacial score (nSPS) is 22.2. The lowest BCUT2D eigenvalue weighted by molar-refractivity contribution is -0.121. The molecule has 3 rings (SSSR count). The van der Waals surface area contributed by atoms with E-state index in [0.717, 1.165) is 24.6 Å². The largest absolute Gasteiger partial charge is 0.442 e. The summed E-state index contributed by atoms with van der Waals surface area (Å²) in [5.74, 6) is 0.0289. The summed E-state index contributed by atoms with van der Waals surface area (Å²) in [5, 5.41) is 5.70. The van der Waals surface area contributed by atoms with Gasteiger partial charge in [-0.2, -0.15) is 0 Å². The fourth-order valence-electron chi connectivity index (χ4n) is 2.99. The number of hydrogen-bond acceptors (Lipinski definition) is 5. The number of anilines is 1. The highest BCUT2D eigenvalue weighted by Crippen LogP contribution is 2.26. The molecule has 126 valence electrons. The Kier molecular flexibility index (Phi) is 5.51. The molecule has 0 radical (unpaired) electrons. The summed E-state index contributed by atoms with van der Waals surface area (Å²) in [7, 11) is 0. The van der Waals surface area contributed by atoms with Crippen molar-refractivity contribution in [3.63, 3.8) is 0 Å². The van der Waals surface area contributed by atoms with Crippen LogP contribution in [0.1, 0.15) is 25.7 Å². The molecular weight excluding hydrogens is 314 g/mol. The van der Waals surface area contributed by atoms with Crippen molar-refractivity contribution in [2.24, 2.45) is 0 Å². The first-order valence-corrected chi connectivity index (χ1v) is 9.11. The maximum Gasteiger partial charge on any atom is 0.415 e. The van der Waals surface area contributed by atoms with Crippen LogP contribution in [0.2, 0.25) is 0 Å². The van der Waals surface area contributed by atoms with Crippen LogP contribution in [-0.4, -0.2) is 55.7 Å².